The molecule has 27 heavy (non-hydrogen) atoms. The van der Waals surface area contributed by atoms with Crippen molar-refractivity contribution in [1.82, 2.24) is 15.1 Å². The van der Waals surface area contributed by atoms with Gasteiger partial charge in [0.25, 0.3) is 5.91 Å². The molecule has 0 radical (unpaired) electrons. The normalized spacial score (nSPS) is 21.6. The number of hydrogen-bond acceptors (Lipinski definition) is 3. The zero-order valence-electron chi connectivity index (χ0n) is 15.0. The summed E-state index contributed by atoms with van der Waals surface area (Å²) < 4.78 is 13.1. The first-order valence-corrected chi connectivity index (χ1v) is 9.35. The third-order valence-corrected chi connectivity index (χ3v) is 5.77. The van der Waals surface area contributed by atoms with Crippen molar-refractivity contribution in [2.24, 2.45) is 0 Å². The maximum atomic E-state index is 13.1. The zero-order chi connectivity index (χ0) is 19.0. The second-order valence-corrected chi connectivity index (χ2v) is 7.44. The van der Waals surface area contributed by atoms with Crippen LogP contribution in [0, 0.1) is 5.82 Å². The monoisotopic (exact) mass is 371 g/mol. The van der Waals surface area contributed by atoms with Crippen LogP contribution in [-0.4, -0.2) is 52.8 Å². The average Bonchev–Trinajstić information content (AvgIpc) is 3.23. The van der Waals surface area contributed by atoms with Crippen molar-refractivity contribution in [3.8, 4) is 0 Å². The highest BCUT2D eigenvalue weighted by Crippen LogP contribution is 2.35. The van der Waals surface area contributed by atoms with Gasteiger partial charge in [-0.15, -0.1) is 0 Å². The van der Waals surface area contributed by atoms with E-state index in [1.54, 1.807) is 17.0 Å². The maximum Gasteiger partial charge on any atom is 0.325 e. The van der Waals surface area contributed by atoms with Gasteiger partial charge in [0.05, 0.1) is 0 Å². The molecule has 1 saturated heterocycles. The predicted molar refractivity (Wildman–Crippen MR) is 97.0 cm³/mol. The number of urea groups is 1. The summed E-state index contributed by atoms with van der Waals surface area (Å²) in [4.78, 5) is 40.2. The Morgan fingerprint density at radius 2 is 1.85 bits per heavy atom. The second kappa shape index (κ2) is 6.79. The highest BCUT2D eigenvalue weighted by Gasteiger charge is 2.52. The summed E-state index contributed by atoms with van der Waals surface area (Å²) in [5.74, 6) is -0.776. The fourth-order valence-electron chi connectivity index (χ4n) is 4.19. The summed E-state index contributed by atoms with van der Waals surface area (Å²) in [6.07, 6.45) is 5.72. The van der Waals surface area contributed by atoms with Gasteiger partial charge in [0.2, 0.25) is 5.91 Å². The van der Waals surface area contributed by atoms with Gasteiger partial charge in [0.15, 0.2) is 0 Å². The van der Waals surface area contributed by atoms with Crippen LogP contribution in [0.5, 0.6) is 0 Å². The van der Waals surface area contributed by atoms with Crippen molar-refractivity contribution in [3.05, 3.63) is 41.7 Å². The van der Waals surface area contributed by atoms with Gasteiger partial charge < -0.3 is 10.2 Å². The summed E-state index contributed by atoms with van der Waals surface area (Å²) in [6, 6.07) is 5.84. The van der Waals surface area contributed by atoms with Gasteiger partial charge in [0, 0.05) is 13.1 Å². The fraction of sp³-hybridized carbons (Fsp3) is 0.450. The van der Waals surface area contributed by atoms with Crippen LogP contribution in [0.25, 0.3) is 5.57 Å². The Morgan fingerprint density at radius 3 is 2.48 bits per heavy atom. The SMILES string of the molecule is O=C(CN1C(=O)NC2(CCCC2)C1=O)N1CC=C(c2ccc(F)cc2)CC1. The summed E-state index contributed by atoms with van der Waals surface area (Å²) in [5.41, 5.74) is 1.23. The van der Waals surface area contributed by atoms with E-state index in [-0.39, 0.29) is 24.2 Å². The van der Waals surface area contributed by atoms with E-state index in [9.17, 15) is 18.8 Å². The molecule has 3 aliphatic rings. The minimum atomic E-state index is -0.783. The lowest BCUT2D eigenvalue weighted by atomic mass is 9.98. The number of nitrogens with zero attached hydrogens (tertiary/aromatic N) is 2. The zero-order valence-corrected chi connectivity index (χ0v) is 15.0. The summed E-state index contributed by atoms with van der Waals surface area (Å²) >= 11 is 0. The van der Waals surface area contributed by atoms with Crippen LogP contribution in [0.15, 0.2) is 30.3 Å². The second-order valence-electron chi connectivity index (χ2n) is 7.44. The smallest absolute Gasteiger partial charge is 0.325 e. The van der Waals surface area contributed by atoms with Crippen LogP contribution in [0.4, 0.5) is 9.18 Å². The van der Waals surface area contributed by atoms with Crippen molar-refractivity contribution in [3.63, 3.8) is 0 Å². The Labute approximate surface area is 157 Å². The van der Waals surface area contributed by atoms with E-state index < -0.39 is 11.6 Å². The van der Waals surface area contributed by atoms with Crippen LogP contribution in [0.1, 0.15) is 37.7 Å². The lowest BCUT2D eigenvalue weighted by Gasteiger charge is -2.28. The molecule has 2 heterocycles. The molecule has 1 aromatic rings. The molecule has 1 N–H and O–H groups in total. The molecule has 7 heteroatoms. The third-order valence-electron chi connectivity index (χ3n) is 5.77. The molecule has 1 aliphatic carbocycles. The molecule has 4 amide bonds. The topological polar surface area (TPSA) is 69.7 Å². The van der Waals surface area contributed by atoms with E-state index in [1.807, 2.05) is 6.08 Å². The van der Waals surface area contributed by atoms with Gasteiger partial charge in [-0.05, 0) is 42.5 Å². The summed E-state index contributed by atoms with van der Waals surface area (Å²) in [6.45, 7) is 0.712. The largest absolute Gasteiger partial charge is 0.337 e. The molecule has 6 nitrogen and oxygen atoms in total. The first-order chi connectivity index (χ1) is 13.0. The van der Waals surface area contributed by atoms with Gasteiger partial charge in [-0.2, -0.15) is 0 Å². The Balaban J connectivity index is 1.39. The van der Waals surface area contributed by atoms with E-state index in [2.05, 4.69) is 5.32 Å². The van der Waals surface area contributed by atoms with Crippen molar-refractivity contribution >= 4 is 23.4 Å². The molecule has 0 atom stereocenters. The standard InChI is InChI=1S/C20H22FN3O3/c21-16-5-3-14(4-6-16)15-7-11-23(12-8-15)17(25)13-24-18(26)20(22-19(24)27)9-1-2-10-20/h3-7H,1-2,8-13H2,(H,22,27). The Bertz CT molecular complexity index is 812. The number of carbonyl (C=O) groups is 3. The van der Waals surface area contributed by atoms with Gasteiger partial charge in [0.1, 0.15) is 17.9 Å². The summed E-state index contributed by atoms with van der Waals surface area (Å²) in [5, 5.41) is 2.79. The number of imide groups is 1. The highest BCUT2D eigenvalue weighted by molar-refractivity contribution is 6.09. The minimum absolute atomic E-state index is 0.216. The molecule has 1 saturated carbocycles. The molecular formula is C20H22FN3O3. The number of nitrogens with one attached hydrogen (secondary N) is 1. The molecule has 1 aromatic carbocycles. The first kappa shape index (κ1) is 17.7. The predicted octanol–water partition coefficient (Wildman–Crippen LogP) is 2.31. The molecular weight excluding hydrogens is 349 g/mol. The van der Waals surface area contributed by atoms with E-state index >= 15 is 0 Å². The van der Waals surface area contributed by atoms with Gasteiger partial charge >= 0.3 is 6.03 Å². The van der Waals surface area contributed by atoms with Gasteiger partial charge in [-0.25, -0.2) is 9.18 Å². The van der Waals surface area contributed by atoms with Crippen molar-refractivity contribution < 1.29 is 18.8 Å². The lowest BCUT2D eigenvalue weighted by Crippen LogP contribution is -2.46. The molecule has 2 fully saturated rings. The third kappa shape index (κ3) is 3.22. The van der Waals surface area contributed by atoms with Crippen molar-refractivity contribution in [2.45, 2.75) is 37.6 Å². The number of hydrogen-bond donors (Lipinski definition) is 1. The van der Waals surface area contributed by atoms with Crippen molar-refractivity contribution in [2.75, 3.05) is 19.6 Å². The summed E-state index contributed by atoms with van der Waals surface area (Å²) in [7, 11) is 0. The molecule has 0 aromatic heterocycles. The lowest BCUT2D eigenvalue weighted by molar-refractivity contribution is -0.138. The van der Waals surface area contributed by atoms with Crippen LogP contribution in [0.2, 0.25) is 0 Å². The van der Waals surface area contributed by atoms with Crippen LogP contribution >= 0.6 is 0 Å². The quantitative estimate of drug-likeness (QED) is 0.829. The Kier molecular flexibility index (Phi) is 4.45. The van der Waals surface area contributed by atoms with Crippen LogP contribution in [-0.2, 0) is 9.59 Å². The molecule has 2 aliphatic heterocycles. The minimum Gasteiger partial charge on any atom is -0.337 e. The number of rotatable bonds is 3. The molecule has 142 valence electrons. The van der Waals surface area contributed by atoms with E-state index in [0.717, 1.165) is 28.9 Å². The number of carbonyl (C=O) groups excluding carboxylic acids is 3. The molecule has 0 bridgehead atoms. The molecule has 4 rings (SSSR count). The van der Waals surface area contributed by atoms with Crippen LogP contribution in [0.3, 0.4) is 0 Å². The number of benzene rings is 1. The molecule has 1 spiro atoms. The van der Waals surface area contributed by atoms with Gasteiger partial charge in [-0.3, -0.25) is 14.5 Å². The Morgan fingerprint density at radius 1 is 1.15 bits per heavy atom. The van der Waals surface area contributed by atoms with E-state index in [0.29, 0.717) is 32.4 Å². The van der Waals surface area contributed by atoms with E-state index in [1.165, 1.54) is 12.1 Å². The first-order valence-electron chi connectivity index (χ1n) is 9.35. The Hall–Kier alpha value is -2.70. The average molecular weight is 371 g/mol. The number of amides is 4. The van der Waals surface area contributed by atoms with Crippen molar-refractivity contribution in [1.29, 1.82) is 0 Å². The fourth-order valence-corrected chi connectivity index (χ4v) is 4.19. The van der Waals surface area contributed by atoms with Gasteiger partial charge in [-0.1, -0.05) is 31.1 Å². The van der Waals surface area contributed by atoms with Crippen LogP contribution < -0.4 is 5.32 Å². The number of halogens is 1. The van der Waals surface area contributed by atoms with E-state index in [4.69, 9.17) is 0 Å². The highest BCUT2D eigenvalue weighted by atomic mass is 19.1. The molecule has 0 unspecified atom stereocenters. The maximum absolute atomic E-state index is 13.1.